The fourth-order valence-corrected chi connectivity index (χ4v) is 2.73. The van der Waals surface area contributed by atoms with Crippen molar-refractivity contribution in [3.05, 3.63) is 35.9 Å². The maximum Gasteiger partial charge on any atom is 0.251 e. The number of nitrogens with two attached hydrogens (primary N) is 1. The predicted molar refractivity (Wildman–Crippen MR) is 73.4 cm³/mol. The molecule has 0 aromatic heterocycles. The van der Waals surface area contributed by atoms with Gasteiger partial charge < -0.3 is 0 Å². The van der Waals surface area contributed by atoms with E-state index in [-0.39, 0.29) is 11.2 Å². The number of hydrogen-bond acceptors (Lipinski definition) is 3. The standard InChI is InChI=1S/C13H20N2OS/c1-3-10(2)9-17-12(13(16)15-14)11-7-5-4-6-8-11/h4-8,10,12H,3,9,14H2,1-2H3,(H,15,16). The van der Waals surface area contributed by atoms with E-state index in [9.17, 15) is 4.79 Å². The van der Waals surface area contributed by atoms with Crippen LogP contribution in [0.25, 0.3) is 0 Å². The summed E-state index contributed by atoms with van der Waals surface area (Å²) in [6, 6.07) is 9.75. The number of hydrazine groups is 1. The fourth-order valence-electron chi connectivity index (χ4n) is 1.41. The molecule has 94 valence electrons. The minimum atomic E-state index is -0.213. The summed E-state index contributed by atoms with van der Waals surface area (Å²) in [5.41, 5.74) is 3.25. The van der Waals surface area contributed by atoms with Crippen molar-refractivity contribution < 1.29 is 4.79 Å². The molecule has 0 saturated carbocycles. The summed E-state index contributed by atoms with van der Waals surface area (Å²) < 4.78 is 0. The molecule has 1 rings (SSSR count). The second-order valence-corrected chi connectivity index (χ2v) is 5.28. The third-order valence-corrected chi connectivity index (χ3v) is 4.31. The van der Waals surface area contributed by atoms with Crippen molar-refractivity contribution in [1.82, 2.24) is 5.43 Å². The van der Waals surface area contributed by atoms with E-state index >= 15 is 0 Å². The summed E-state index contributed by atoms with van der Waals surface area (Å²) in [7, 11) is 0. The molecule has 2 atom stereocenters. The Kier molecular flexibility index (Phi) is 6.08. The second kappa shape index (κ2) is 7.35. The van der Waals surface area contributed by atoms with Gasteiger partial charge in [-0.2, -0.15) is 0 Å². The van der Waals surface area contributed by atoms with E-state index in [2.05, 4.69) is 19.3 Å². The van der Waals surface area contributed by atoms with Crippen LogP contribution in [0.5, 0.6) is 0 Å². The molecule has 1 amide bonds. The fraction of sp³-hybridized carbons (Fsp3) is 0.462. The molecule has 17 heavy (non-hydrogen) atoms. The van der Waals surface area contributed by atoms with Crippen LogP contribution in [-0.4, -0.2) is 11.7 Å². The summed E-state index contributed by atoms with van der Waals surface area (Å²) in [6.07, 6.45) is 1.12. The van der Waals surface area contributed by atoms with Crippen molar-refractivity contribution in [2.45, 2.75) is 25.5 Å². The van der Waals surface area contributed by atoms with Crippen LogP contribution in [0.1, 0.15) is 31.1 Å². The van der Waals surface area contributed by atoms with E-state index in [1.807, 2.05) is 30.3 Å². The first kappa shape index (κ1) is 14.1. The number of carbonyl (C=O) groups is 1. The summed E-state index contributed by atoms with van der Waals surface area (Å²) in [5.74, 6) is 6.67. The summed E-state index contributed by atoms with van der Waals surface area (Å²) >= 11 is 1.65. The molecule has 0 aliphatic heterocycles. The summed E-state index contributed by atoms with van der Waals surface area (Å²) in [4.78, 5) is 11.8. The predicted octanol–water partition coefficient (Wildman–Crippen LogP) is 2.50. The number of hydrogen-bond donors (Lipinski definition) is 2. The molecule has 0 radical (unpaired) electrons. The van der Waals surface area contributed by atoms with Crippen LogP contribution in [0.2, 0.25) is 0 Å². The number of carbonyl (C=O) groups excluding carboxylic acids is 1. The molecule has 0 spiro atoms. The Hall–Kier alpha value is -1.00. The van der Waals surface area contributed by atoms with Crippen LogP contribution in [0.15, 0.2) is 30.3 Å². The molecule has 1 aromatic rings. The average Bonchev–Trinajstić information content (AvgIpc) is 2.39. The summed E-state index contributed by atoms with van der Waals surface area (Å²) in [6.45, 7) is 4.35. The summed E-state index contributed by atoms with van der Waals surface area (Å²) in [5, 5.41) is -0.213. The van der Waals surface area contributed by atoms with E-state index < -0.39 is 0 Å². The van der Waals surface area contributed by atoms with Gasteiger partial charge in [0.2, 0.25) is 0 Å². The smallest absolute Gasteiger partial charge is 0.251 e. The average molecular weight is 252 g/mol. The first-order valence-corrected chi connectivity index (χ1v) is 6.90. The van der Waals surface area contributed by atoms with Gasteiger partial charge in [-0.15, -0.1) is 11.8 Å². The van der Waals surface area contributed by atoms with Crippen molar-refractivity contribution in [1.29, 1.82) is 0 Å². The number of thioether (sulfide) groups is 1. The molecule has 0 saturated heterocycles. The molecule has 4 heteroatoms. The highest BCUT2D eigenvalue weighted by atomic mass is 32.2. The molecule has 2 unspecified atom stereocenters. The zero-order valence-electron chi connectivity index (χ0n) is 10.3. The molecule has 3 nitrogen and oxygen atoms in total. The van der Waals surface area contributed by atoms with Crippen LogP contribution < -0.4 is 11.3 Å². The quantitative estimate of drug-likeness (QED) is 0.464. The van der Waals surface area contributed by atoms with E-state index in [1.54, 1.807) is 11.8 Å². The van der Waals surface area contributed by atoms with E-state index in [0.717, 1.165) is 17.7 Å². The molecule has 1 aromatic carbocycles. The Morgan fingerprint density at radius 1 is 1.41 bits per heavy atom. The van der Waals surface area contributed by atoms with E-state index in [1.165, 1.54) is 0 Å². The topological polar surface area (TPSA) is 55.1 Å². The van der Waals surface area contributed by atoms with Crippen molar-refractivity contribution in [2.75, 3.05) is 5.75 Å². The minimum Gasteiger partial charge on any atom is -0.293 e. The first-order valence-electron chi connectivity index (χ1n) is 5.86. The Labute approximate surface area is 107 Å². The molecule has 0 heterocycles. The van der Waals surface area contributed by atoms with Gasteiger partial charge in [-0.3, -0.25) is 10.2 Å². The third kappa shape index (κ3) is 4.40. The lowest BCUT2D eigenvalue weighted by Crippen LogP contribution is -2.34. The largest absolute Gasteiger partial charge is 0.293 e. The zero-order valence-corrected chi connectivity index (χ0v) is 11.2. The van der Waals surface area contributed by atoms with Crippen molar-refractivity contribution in [3.8, 4) is 0 Å². The molecule has 0 fully saturated rings. The van der Waals surface area contributed by atoms with Crippen LogP contribution >= 0.6 is 11.8 Å². The molecule has 0 aliphatic carbocycles. The van der Waals surface area contributed by atoms with Crippen LogP contribution in [0.3, 0.4) is 0 Å². The van der Waals surface area contributed by atoms with Gasteiger partial charge in [-0.1, -0.05) is 50.6 Å². The molecule has 0 aliphatic rings. The monoisotopic (exact) mass is 252 g/mol. The molecule has 0 bridgehead atoms. The van der Waals surface area contributed by atoms with Gasteiger partial charge in [0.1, 0.15) is 5.25 Å². The van der Waals surface area contributed by atoms with E-state index in [4.69, 9.17) is 5.84 Å². The van der Waals surface area contributed by atoms with Crippen molar-refractivity contribution in [2.24, 2.45) is 11.8 Å². The molecular formula is C13H20N2OS. The van der Waals surface area contributed by atoms with Crippen LogP contribution in [0.4, 0.5) is 0 Å². The number of benzene rings is 1. The maximum atomic E-state index is 11.8. The highest BCUT2D eigenvalue weighted by molar-refractivity contribution is 8.00. The van der Waals surface area contributed by atoms with Gasteiger partial charge in [0.25, 0.3) is 5.91 Å². The molecular weight excluding hydrogens is 232 g/mol. The third-order valence-electron chi connectivity index (χ3n) is 2.73. The lowest BCUT2D eigenvalue weighted by molar-refractivity contribution is -0.120. The lowest BCUT2D eigenvalue weighted by atomic mass is 10.1. The second-order valence-electron chi connectivity index (χ2n) is 4.15. The SMILES string of the molecule is CCC(C)CSC(C(=O)NN)c1ccccc1. The highest BCUT2D eigenvalue weighted by Crippen LogP contribution is 2.30. The number of nitrogens with one attached hydrogen (secondary N) is 1. The Bertz CT molecular complexity index is 343. The normalized spacial score (nSPS) is 14.1. The van der Waals surface area contributed by atoms with E-state index in [0.29, 0.717) is 5.92 Å². The van der Waals surface area contributed by atoms with Crippen LogP contribution in [0, 0.1) is 5.92 Å². The van der Waals surface area contributed by atoms with Gasteiger partial charge in [-0.25, -0.2) is 5.84 Å². The van der Waals surface area contributed by atoms with Gasteiger partial charge in [0.05, 0.1) is 0 Å². The first-order chi connectivity index (χ1) is 8.19. The van der Waals surface area contributed by atoms with Gasteiger partial charge in [0.15, 0.2) is 0 Å². The lowest BCUT2D eigenvalue weighted by Gasteiger charge is -2.17. The zero-order chi connectivity index (χ0) is 12.7. The highest BCUT2D eigenvalue weighted by Gasteiger charge is 2.20. The van der Waals surface area contributed by atoms with Gasteiger partial charge in [0, 0.05) is 0 Å². The maximum absolute atomic E-state index is 11.8. The molecule has 3 N–H and O–H groups in total. The van der Waals surface area contributed by atoms with Gasteiger partial charge >= 0.3 is 0 Å². The van der Waals surface area contributed by atoms with Crippen molar-refractivity contribution in [3.63, 3.8) is 0 Å². The number of rotatable bonds is 6. The minimum absolute atomic E-state index is 0.135. The number of amides is 1. The van der Waals surface area contributed by atoms with Crippen LogP contribution in [-0.2, 0) is 4.79 Å². The Morgan fingerprint density at radius 2 is 2.06 bits per heavy atom. The Balaban J connectivity index is 2.71. The Morgan fingerprint density at radius 3 is 2.59 bits per heavy atom. The van der Waals surface area contributed by atoms with Gasteiger partial charge in [-0.05, 0) is 17.2 Å². The van der Waals surface area contributed by atoms with Crippen molar-refractivity contribution >= 4 is 17.7 Å².